The Labute approximate surface area is 155 Å². The maximum Gasteiger partial charge on any atom is 0.251 e. The van der Waals surface area contributed by atoms with Crippen LogP contribution in [-0.2, 0) is 0 Å². The normalized spacial score (nSPS) is 19.7. The third kappa shape index (κ3) is 5.25. The molecule has 0 spiro atoms. The fraction of sp³-hybridized carbons (Fsp3) is 0.409. The van der Waals surface area contributed by atoms with Gasteiger partial charge in [0, 0.05) is 12.1 Å². The Bertz CT molecular complexity index is 718. The highest BCUT2D eigenvalue weighted by atomic mass is 16.5. The lowest BCUT2D eigenvalue weighted by molar-refractivity contribution is 0.0938. The van der Waals surface area contributed by atoms with Gasteiger partial charge in [0.25, 0.3) is 5.91 Å². The van der Waals surface area contributed by atoms with E-state index in [0.29, 0.717) is 23.9 Å². The van der Waals surface area contributed by atoms with E-state index >= 15 is 0 Å². The number of nitrogens with one attached hydrogen (secondary N) is 1. The Morgan fingerprint density at radius 2 is 1.77 bits per heavy atom. The van der Waals surface area contributed by atoms with Gasteiger partial charge in [0.15, 0.2) is 0 Å². The third-order valence-electron chi connectivity index (χ3n) is 5.12. The van der Waals surface area contributed by atoms with Gasteiger partial charge in [-0.3, -0.25) is 4.79 Å². The molecule has 0 heterocycles. The standard InChI is InChI=1S/C22H27NO3/c1-16-3-2-4-21(13-16)26-15-18-7-5-17(6-8-18)14-23-22(25)19-9-11-20(24)12-10-19/h2-4,9-13,17-18,24H,5-8,14-15H2,1H3,(H,23,25). The number of phenols is 1. The molecule has 0 atom stereocenters. The summed E-state index contributed by atoms with van der Waals surface area (Å²) in [5.41, 5.74) is 1.80. The number of hydrogen-bond acceptors (Lipinski definition) is 3. The van der Waals surface area contributed by atoms with E-state index in [1.807, 2.05) is 12.1 Å². The second-order valence-corrected chi connectivity index (χ2v) is 7.27. The Morgan fingerprint density at radius 3 is 2.46 bits per heavy atom. The summed E-state index contributed by atoms with van der Waals surface area (Å²) in [6.45, 7) is 3.56. The van der Waals surface area contributed by atoms with Crippen LogP contribution >= 0.6 is 0 Å². The van der Waals surface area contributed by atoms with E-state index in [4.69, 9.17) is 4.74 Å². The molecule has 2 N–H and O–H groups in total. The fourth-order valence-electron chi connectivity index (χ4n) is 3.47. The number of ether oxygens (including phenoxy) is 1. The summed E-state index contributed by atoms with van der Waals surface area (Å²) < 4.78 is 5.94. The predicted octanol–water partition coefficient (Wildman–Crippen LogP) is 4.32. The maximum absolute atomic E-state index is 12.1. The highest BCUT2D eigenvalue weighted by Crippen LogP contribution is 2.29. The summed E-state index contributed by atoms with van der Waals surface area (Å²) >= 11 is 0. The number of carbonyl (C=O) groups excluding carboxylic acids is 1. The Kier molecular flexibility index (Phi) is 6.16. The van der Waals surface area contributed by atoms with Crippen LogP contribution in [0.3, 0.4) is 0 Å². The smallest absolute Gasteiger partial charge is 0.251 e. The zero-order valence-electron chi connectivity index (χ0n) is 15.3. The van der Waals surface area contributed by atoms with Crippen molar-refractivity contribution in [1.29, 1.82) is 0 Å². The van der Waals surface area contributed by atoms with Crippen LogP contribution in [0, 0.1) is 18.8 Å². The highest BCUT2D eigenvalue weighted by molar-refractivity contribution is 5.94. The summed E-state index contributed by atoms with van der Waals surface area (Å²) in [4.78, 5) is 12.1. The van der Waals surface area contributed by atoms with E-state index in [1.54, 1.807) is 12.1 Å². The molecular formula is C22H27NO3. The Morgan fingerprint density at radius 1 is 1.08 bits per heavy atom. The van der Waals surface area contributed by atoms with E-state index < -0.39 is 0 Å². The van der Waals surface area contributed by atoms with Crippen LogP contribution in [0.2, 0.25) is 0 Å². The lowest BCUT2D eigenvalue weighted by Gasteiger charge is -2.28. The first-order chi connectivity index (χ1) is 12.6. The molecule has 1 aliphatic rings. The molecule has 3 rings (SSSR count). The van der Waals surface area contributed by atoms with Gasteiger partial charge < -0.3 is 15.2 Å². The lowest BCUT2D eigenvalue weighted by atomic mass is 9.82. The quantitative estimate of drug-likeness (QED) is 0.813. The summed E-state index contributed by atoms with van der Waals surface area (Å²) in [6.07, 6.45) is 4.53. The van der Waals surface area contributed by atoms with Gasteiger partial charge >= 0.3 is 0 Å². The zero-order valence-corrected chi connectivity index (χ0v) is 15.3. The average molecular weight is 353 g/mol. The fourth-order valence-corrected chi connectivity index (χ4v) is 3.47. The van der Waals surface area contributed by atoms with Crippen LogP contribution in [0.5, 0.6) is 11.5 Å². The van der Waals surface area contributed by atoms with Crippen molar-refractivity contribution in [3.05, 3.63) is 59.7 Å². The molecule has 1 fully saturated rings. The van der Waals surface area contributed by atoms with Gasteiger partial charge in [0.1, 0.15) is 11.5 Å². The minimum absolute atomic E-state index is 0.0742. The minimum atomic E-state index is -0.0742. The molecule has 138 valence electrons. The second-order valence-electron chi connectivity index (χ2n) is 7.27. The van der Waals surface area contributed by atoms with E-state index in [-0.39, 0.29) is 11.7 Å². The molecular weight excluding hydrogens is 326 g/mol. The molecule has 0 aromatic heterocycles. The molecule has 4 nitrogen and oxygen atoms in total. The van der Waals surface area contributed by atoms with Gasteiger partial charge in [-0.05, 0) is 86.4 Å². The molecule has 0 saturated heterocycles. The molecule has 0 bridgehead atoms. The van der Waals surface area contributed by atoms with Crippen LogP contribution in [0.4, 0.5) is 0 Å². The summed E-state index contributed by atoms with van der Waals surface area (Å²) in [6, 6.07) is 14.5. The molecule has 1 aliphatic carbocycles. The molecule has 2 aromatic rings. The number of aromatic hydroxyl groups is 1. The number of benzene rings is 2. The van der Waals surface area contributed by atoms with Crippen molar-refractivity contribution in [2.75, 3.05) is 13.2 Å². The summed E-state index contributed by atoms with van der Waals surface area (Å²) in [5.74, 6) is 2.18. The van der Waals surface area contributed by atoms with Gasteiger partial charge in [-0.1, -0.05) is 12.1 Å². The number of aryl methyl sites for hydroxylation is 1. The van der Waals surface area contributed by atoms with Crippen LogP contribution in [0.25, 0.3) is 0 Å². The van der Waals surface area contributed by atoms with Crippen molar-refractivity contribution < 1.29 is 14.6 Å². The topological polar surface area (TPSA) is 58.6 Å². The van der Waals surface area contributed by atoms with Gasteiger partial charge in [-0.25, -0.2) is 0 Å². The first-order valence-corrected chi connectivity index (χ1v) is 9.37. The molecule has 26 heavy (non-hydrogen) atoms. The average Bonchev–Trinajstić information content (AvgIpc) is 2.66. The first-order valence-electron chi connectivity index (χ1n) is 9.37. The van der Waals surface area contributed by atoms with Gasteiger partial charge in [0.2, 0.25) is 0 Å². The van der Waals surface area contributed by atoms with Crippen molar-refractivity contribution in [3.63, 3.8) is 0 Å². The number of phenolic OH excluding ortho intramolecular Hbond substituents is 1. The Balaban J connectivity index is 1.37. The Hall–Kier alpha value is -2.49. The minimum Gasteiger partial charge on any atom is -0.508 e. The number of hydrogen-bond donors (Lipinski definition) is 2. The summed E-state index contributed by atoms with van der Waals surface area (Å²) in [7, 11) is 0. The van der Waals surface area contributed by atoms with Crippen molar-refractivity contribution in [1.82, 2.24) is 5.32 Å². The van der Waals surface area contributed by atoms with Crippen molar-refractivity contribution >= 4 is 5.91 Å². The molecule has 0 unspecified atom stereocenters. The maximum atomic E-state index is 12.1. The molecule has 0 aliphatic heterocycles. The molecule has 2 aromatic carbocycles. The van der Waals surface area contributed by atoms with E-state index in [1.165, 1.54) is 17.7 Å². The summed E-state index contributed by atoms with van der Waals surface area (Å²) in [5, 5.41) is 12.3. The molecule has 1 amide bonds. The largest absolute Gasteiger partial charge is 0.508 e. The number of rotatable bonds is 6. The van der Waals surface area contributed by atoms with Crippen LogP contribution in [0.15, 0.2) is 48.5 Å². The number of carbonyl (C=O) groups is 1. The van der Waals surface area contributed by atoms with E-state index in [2.05, 4.69) is 24.4 Å². The highest BCUT2D eigenvalue weighted by Gasteiger charge is 2.22. The molecule has 4 heteroatoms. The SMILES string of the molecule is Cc1cccc(OCC2CCC(CNC(=O)c3ccc(O)cc3)CC2)c1. The molecule has 1 saturated carbocycles. The monoisotopic (exact) mass is 353 g/mol. The van der Waals surface area contributed by atoms with Crippen LogP contribution < -0.4 is 10.1 Å². The lowest BCUT2D eigenvalue weighted by Crippen LogP contribution is -2.32. The van der Waals surface area contributed by atoms with Crippen molar-refractivity contribution in [2.45, 2.75) is 32.6 Å². The molecule has 0 radical (unpaired) electrons. The van der Waals surface area contributed by atoms with Crippen LogP contribution in [-0.4, -0.2) is 24.2 Å². The van der Waals surface area contributed by atoms with Crippen molar-refractivity contribution in [3.8, 4) is 11.5 Å². The zero-order chi connectivity index (χ0) is 18.4. The van der Waals surface area contributed by atoms with E-state index in [9.17, 15) is 9.90 Å². The third-order valence-corrected chi connectivity index (χ3v) is 5.12. The van der Waals surface area contributed by atoms with Crippen LogP contribution in [0.1, 0.15) is 41.6 Å². The second kappa shape index (κ2) is 8.75. The van der Waals surface area contributed by atoms with Crippen molar-refractivity contribution in [2.24, 2.45) is 11.8 Å². The van der Waals surface area contributed by atoms with Gasteiger partial charge in [0.05, 0.1) is 6.61 Å². The van der Waals surface area contributed by atoms with E-state index in [0.717, 1.165) is 38.0 Å². The predicted molar refractivity (Wildman–Crippen MR) is 103 cm³/mol. The first kappa shape index (κ1) is 18.3. The number of amides is 1. The van der Waals surface area contributed by atoms with Gasteiger partial charge in [-0.2, -0.15) is 0 Å². The van der Waals surface area contributed by atoms with Gasteiger partial charge in [-0.15, -0.1) is 0 Å².